The summed E-state index contributed by atoms with van der Waals surface area (Å²) in [5.74, 6) is -1.70. The van der Waals surface area contributed by atoms with Crippen molar-refractivity contribution < 1.29 is 13.2 Å². The van der Waals surface area contributed by atoms with Gasteiger partial charge in [-0.05, 0) is 35.4 Å². The summed E-state index contributed by atoms with van der Waals surface area (Å²) < 4.78 is 40.9. The van der Waals surface area contributed by atoms with Gasteiger partial charge in [-0.3, -0.25) is 0 Å². The Morgan fingerprint density at radius 2 is 1.65 bits per heavy atom. The lowest BCUT2D eigenvalue weighted by molar-refractivity contribution is 0.574. The molecular formula is C15H13ClF3N. The lowest BCUT2D eigenvalue weighted by Crippen LogP contribution is -2.19. The molecule has 0 saturated carbocycles. The van der Waals surface area contributed by atoms with Crippen LogP contribution in [0.5, 0.6) is 0 Å². The van der Waals surface area contributed by atoms with Crippen molar-refractivity contribution in [3.63, 3.8) is 0 Å². The Morgan fingerprint density at radius 1 is 1.00 bits per heavy atom. The zero-order chi connectivity index (χ0) is 14.7. The number of hydrogen-bond acceptors (Lipinski definition) is 1. The van der Waals surface area contributed by atoms with Crippen molar-refractivity contribution in [3.05, 3.63) is 65.0 Å². The molecule has 0 atom stereocenters. The minimum absolute atomic E-state index is 0.0434. The predicted octanol–water partition coefficient (Wildman–Crippen LogP) is 4.48. The molecule has 0 aromatic heterocycles. The molecule has 0 aliphatic carbocycles. The maximum Gasteiger partial charge on any atom is 0.149 e. The second kappa shape index (κ2) is 6.18. The molecule has 2 aromatic carbocycles. The highest BCUT2D eigenvalue weighted by Gasteiger charge is 2.15. The van der Waals surface area contributed by atoms with E-state index in [1.807, 2.05) is 0 Å². The predicted molar refractivity (Wildman–Crippen MR) is 74.4 cm³/mol. The smallest absolute Gasteiger partial charge is 0.149 e. The monoisotopic (exact) mass is 299 g/mol. The van der Waals surface area contributed by atoms with Crippen LogP contribution < -0.4 is 4.90 Å². The normalized spacial score (nSPS) is 10.7. The van der Waals surface area contributed by atoms with Gasteiger partial charge in [-0.15, -0.1) is 11.6 Å². The molecular weight excluding hydrogens is 287 g/mol. The van der Waals surface area contributed by atoms with Gasteiger partial charge >= 0.3 is 0 Å². The first kappa shape index (κ1) is 14.7. The standard InChI is InChI=1S/C15H13ClF3N/c1-20(9-10-3-2-4-12(17)5-10)15-13(18)6-11(8-16)7-14(15)19/h2-7H,8-9H2,1H3. The molecule has 20 heavy (non-hydrogen) atoms. The highest BCUT2D eigenvalue weighted by atomic mass is 35.5. The Balaban J connectivity index is 2.27. The molecule has 2 aromatic rings. The van der Waals surface area contributed by atoms with E-state index in [-0.39, 0.29) is 23.9 Å². The van der Waals surface area contributed by atoms with Crippen LogP contribution in [-0.2, 0) is 12.4 Å². The molecule has 0 heterocycles. The average Bonchev–Trinajstić information content (AvgIpc) is 2.37. The summed E-state index contributed by atoms with van der Waals surface area (Å²) in [6.07, 6.45) is 0. The Bertz CT molecular complexity index is 593. The molecule has 0 fully saturated rings. The number of hydrogen-bond donors (Lipinski definition) is 0. The summed E-state index contributed by atoms with van der Waals surface area (Å²) in [5.41, 5.74) is 0.862. The van der Waals surface area contributed by atoms with Crippen LogP contribution in [0.4, 0.5) is 18.9 Å². The van der Waals surface area contributed by atoms with Gasteiger partial charge in [-0.1, -0.05) is 12.1 Å². The van der Waals surface area contributed by atoms with Gasteiger partial charge in [-0.2, -0.15) is 0 Å². The van der Waals surface area contributed by atoms with Gasteiger partial charge in [0, 0.05) is 19.5 Å². The number of nitrogens with zero attached hydrogens (tertiary/aromatic N) is 1. The molecule has 0 bridgehead atoms. The second-order valence-corrected chi connectivity index (χ2v) is 4.79. The Hall–Kier alpha value is -1.68. The van der Waals surface area contributed by atoms with Crippen LogP contribution in [0.15, 0.2) is 36.4 Å². The summed E-state index contributed by atoms with van der Waals surface area (Å²) >= 11 is 5.56. The molecule has 106 valence electrons. The molecule has 1 nitrogen and oxygen atoms in total. The third kappa shape index (κ3) is 3.25. The zero-order valence-corrected chi connectivity index (χ0v) is 11.6. The van der Waals surface area contributed by atoms with Crippen LogP contribution in [0.1, 0.15) is 11.1 Å². The number of halogens is 4. The van der Waals surface area contributed by atoms with Gasteiger partial charge in [0.2, 0.25) is 0 Å². The minimum Gasteiger partial charge on any atom is -0.366 e. The maximum absolute atomic E-state index is 13.9. The third-order valence-corrected chi connectivity index (χ3v) is 3.23. The third-order valence-electron chi connectivity index (χ3n) is 2.92. The van der Waals surface area contributed by atoms with Gasteiger partial charge in [0.1, 0.15) is 23.1 Å². The largest absolute Gasteiger partial charge is 0.366 e. The minimum atomic E-state index is -0.681. The highest BCUT2D eigenvalue weighted by molar-refractivity contribution is 6.17. The van der Waals surface area contributed by atoms with Gasteiger partial charge in [-0.25, -0.2) is 13.2 Å². The van der Waals surface area contributed by atoms with Crippen molar-refractivity contribution in [2.24, 2.45) is 0 Å². The fraction of sp³-hybridized carbons (Fsp3) is 0.200. The van der Waals surface area contributed by atoms with Gasteiger partial charge in [0.05, 0.1) is 0 Å². The summed E-state index contributed by atoms with van der Waals surface area (Å²) in [6, 6.07) is 8.31. The quantitative estimate of drug-likeness (QED) is 0.752. The Kier molecular flexibility index (Phi) is 4.55. The van der Waals surface area contributed by atoms with Crippen molar-refractivity contribution in [3.8, 4) is 0 Å². The van der Waals surface area contributed by atoms with E-state index in [0.29, 0.717) is 11.1 Å². The van der Waals surface area contributed by atoms with Crippen LogP contribution in [-0.4, -0.2) is 7.05 Å². The first-order chi connectivity index (χ1) is 9.51. The fourth-order valence-electron chi connectivity index (χ4n) is 2.05. The molecule has 0 aliphatic heterocycles. The van der Waals surface area contributed by atoms with Crippen molar-refractivity contribution in [1.82, 2.24) is 0 Å². The summed E-state index contributed by atoms with van der Waals surface area (Å²) in [4.78, 5) is 1.40. The van der Waals surface area contributed by atoms with Crippen LogP contribution in [0.2, 0.25) is 0 Å². The SMILES string of the molecule is CN(Cc1cccc(F)c1)c1c(F)cc(CCl)cc1F. The van der Waals surface area contributed by atoms with E-state index in [1.165, 1.54) is 29.2 Å². The van der Waals surface area contributed by atoms with E-state index in [9.17, 15) is 13.2 Å². The topological polar surface area (TPSA) is 3.24 Å². The van der Waals surface area contributed by atoms with E-state index in [0.717, 1.165) is 0 Å². The van der Waals surface area contributed by atoms with E-state index in [1.54, 1.807) is 19.2 Å². The first-order valence-electron chi connectivity index (χ1n) is 6.00. The molecule has 5 heteroatoms. The van der Waals surface area contributed by atoms with Crippen molar-refractivity contribution in [2.45, 2.75) is 12.4 Å². The van der Waals surface area contributed by atoms with E-state index in [4.69, 9.17) is 11.6 Å². The van der Waals surface area contributed by atoms with Gasteiger partial charge < -0.3 is 4.90 Å². The molecule has 0 N–H and O–H groups in total. The number of anilines is 1. The fourth-order valence-corrected chi connectivity index (χ4v) is 2.20. The molecule has 0 saturated heterocycles. The van der Waals surface area contributed by atoms with Crippen molar-refractivity contribution in [1.29, 1.82) is 0 Å². The number of rotatable bonds is 4. The summed E-state index contributed by atoms with van der Waals surface area (Å²) in [7, 11) is 1.55. The number of alkyl halides is 1. The molecule has 0 aliphatic rings. The van der Waals surface area contributed by atoms with E-state index < -0.39 is 11.6 Å². The Morgan fingerprint density at radius 3 is 2.20 bits per heavy atom. The lowest BCUT2D eigenvalue weighted by atomic mass is 10.1. The summed E-state index contributed by atoms with van der Waals surface area (Å²) in [6.45, 7) is 0.200. The maximum atomic E-state index is 13.9. The second-order valence-electron chi connectivity index (χ2n) is 4.53. The average molecular weight is 300 g/mol. The van der Waals surface area contributed by atoms with E-state index in [2.05, 4.69) is 0 Å². The van der Waals surface area contributed by atoms with Crippen LogP contribution >= 0.6 is 11.6 Å². The van der Waals surface area contributed by atoms with E-state index >= 15 is 0 Å². The lowest BCUT2D eigenvalue weighted by Gasteiger charge is -2.21. The van der Waals surface area contributed by atoms with Gasteiger partial charge in [0.25, 0.3) is 0 Å². The van der Waals surface area contributed by atoms with Crippen LogP contribution in [0, 0.1) is 17.5 Å². The molecule has 2 rings (SSSR count). The molecule has 0 spiro atoms. The highest BCUT2D eigenvalue weighted by Crippen LogP contribution is 2.26. The zero-order valence-electron chi connectivity index (χ0n) is 10.8. The molecule has 0 amide bonds. The van der Waals surface area contributed by atoms with Crippen LogP contribution in [0.25, 0.3) is 0 Å². The first-order valence-corrected chi connectivity index (χ1v) is 6.54. The number of benzene rings is 2. The van der Waals surface area contributed by atoms with Gasteiger partial charge in [0.15, 0.2) is 0 Å². The summed E-state index contributed by atoms with van der Waals surface area (Å²) in [5, 5.41) is 0. The van der Waals surface area contributed by atoms with Crippen LogP contribution in [0.3, 0.4) is 0 Å². The van der Waals surface area contributed by atoms with Crippen molar-refractivity contribution >= 4 is 17.3 Å². The Labute approximate surface area is 120 Å². The van der Waals surface area contributed by atoms with Crippen molar-refractivity contribution in [2.75, 3.05) is 11.9 Å². The molecule has 0 unspecified atom stereocenters. The molecule has 0 radical (unpaired) electrons.